The van der Waals surface area contributed by atoms with E-state index in [2.05, 4.69) is 22.0 Å². The third kappa shape index (κ3) is 3.96. The molecule has 1 unspecified atom stereocenters. The van der Waals surface area contributed by atoms with Gasteiger partial charge in [0.2, 0.25) is 5.91 Å². The normalized spacial score (nSPS) is 17.6. The molecule has 0 aliphatic carbocycles. The molecule has 9 heteroatoms. The van der Waals surface area contributed by atoms with Gasteiger partial charge in [-0.25, -0.2) is 4.98 Å². The summed E-state index contributed by atoms with van der Waals surface area (Å²) in [4.78, 5) is 46.7. The molecule has 0 saturated carbocycles. The Morgan fingerprint density at radius 1 is 0.971 bits per heavy atom. The molecule has 2 amide bonds. The van der Waals surface area contributed by atoms with Gasteiger partial charge in [-0.15, -0.1) is 0 Å². The molecule has 5 rings (SSSR count). The van der Waals surface area contributed by atoms with E-state index in [1.54, 1.807) is 12.1 Å². The average molecular weight is 457 g/mol. The number of nitrogens with zero attached hydrogens (tertiary/aromatic N) is 5. The van der Waals surface area contributed by atoms with Crippen LogP contribution in [-0.4, -0.2) is 52.8 Å². The molecule has 172 valence electrons. The van der Waals surface area contributed by atoms with Crippen molar-refractivity contribution in [1.82, 2.24) is 9.88 Å². The summed E-state index contributed by atoms with van der Waals surface area (Å²) >= 11 is 0. The van der Waals surface area contributed by atoms with Gasteiger partial charge in [-0.1, -0.05) is 36.4 Å². The summed E-state index contributed by atoms with van der Waals surface area (Å²) in [6.45, 7) is 2.69. The molecule has 3 aromatic rings. The molecule has 9 nitrogen and oxygen atoms in total. The molecule has 1 atom stereocenters. The smallest absolute Gasteiger partial charge is 0.287 e. The maximum Gasteiger partial charge on any atom is 0.287 e. The number of hydrogen-bond acceptors (Lipinski definition) is 6. The Balaban J connectivity index is 1.34. The molecule has 1 fully saturated rings. The zero-order valence-corrected chi connectivity index (χ0v) is 18.4. The SMILES string of the molecule is O=C(CC1c2ccccc2C(=O)N1c1ccc([N+](=O)[O-])cn1)N1CCN(c2ccccc2)CC1. The number of carbonyl (C=O) groups excluding carboxylic acids is 2. The highest BCUT2D eigenvalue weighted by atomic mass is 16.6. The number of fused-ring (bicyclic) bond motifs is 1. The first kappa shape index (κ1) is 21.6. The van der Waals surface area contributed by atoms with E-state index in [4.69, 9.17) is 0 Å². The number of amides is 2. The minimum atomic E-state index is -0.534. The number of pyridine rings is 1. The molecule has 34 heavy (non-hydrogen) atoms. The second kappa shape index (κ2) is 8.93. The Morgan fingerprint density at radius 3 is 2.35 bits per heavy atom. The summed E-state index contributed by atoms with van der Waals surface area (Å²) in [5.74, 6) is -0.00345. The Labute approximate surface area is 196 Å². The Morgan fingerprint density at radius 2 is 1.68 bits per heavy atom. The van der Waals surface area contributed by atoms with Gasteiger partial charge in [-0.2, -0.15) is 0 Å². The zero-order chi connectivity index (χ0) is 23.7. The summed E-state index contributed by atoms with van der Waals surface area (Å²) < 4.78 is 0. The van der Waals surface area contributed by atoms with Gasteiger partial charge in [0.1, 0.15) is 12.0 Å². The maximum atomic E-state index is 13.3. The molecule has 0 radical (unpaired) electrons. The predicted molar refractivity (Wildman–Crippen MR) is 127 cm³/mol. The monoisotopic (exact) mass is 457 g/mol. The lowest BCUT2D eigenvalue weighted by molar-refractivity contribution is -0.385. The molecule has 0 N–H and O–H groups in total. The van der Waals surface area contributed by atoms with E-state index in [-0.39, 0.29) is 23.9 Å². The summed E-state index contributed by atoms with van der Waals surface area (Å²) in [6, 6.07) is 19.6. The molecule has 0 spiro atoms. The minimum Gasteiger partial charge on any atom is -0.368 e. The topological polar surface area (TPSA) is 99.9 Å². The van der Waals surface area contributed by atoms with Gasteiger partial charge in [-0.3, -0.25) is 24.6 Å². The number of aromatic nitrogens is 1. The lowest BCUT2D eigenvalue weighted by Crippen LogP contribution is -2.49. The van der Waals surface area contributed by atoms with Crippen molar-refractivity contribution in [2.75, 3.05) is 36.0 Å². The summed E-state index contributed by atoms with van der Waals surface area (Å²) in [7, 11) is 0. The van der Waals surface area contributed by atoms with Crippen LogP contribution < -0.4 is 9.80 Å². The molecule has 3 heterocycles. The van der Waals surface area contributed by atoms with Crippen LogP contribution in [-0.2, 0) is 4.79 Å². The van der Waals surface area contributed by atoms with Crippen LogP contribution in [0.15, 0.2) is 72.9 Å². The molecule has 2 aliphatic heterocycles. The standard InChI is InChI=1S/C25H23N5O4/c31-24(28-14-12-27(13-15-28)18-6-2-1-3-7-18)16-22-20-8-4-5-9-21(20)25(32)29(22)23-11-10-19(17-26-23)30(33)34/h1-11,17,22H,12-16H2. The molecule has 1 saturated heterocycles. The number of hydrogen-bond donors (Lipinski definition) is 0. The summed E-state index contributed by atoms with van der Waals surface area (Å²) in [6.07, 6.45) is 1.25. The molecular weight excluding hydrogens is 434 g/mol. The highest BCUT2D eigenvalue weighted by Crippen LogP contribution is 2.39. The van der Waals surface area contributed by atoms with Crippen LogP contribution >= 0.6 is 0 Å². The van der Waals surface area contributed by atoms with E-state index in [9.17, 15) is 19.7 Å². The molecule has 2 aliphatic rings. The van der Waals surface area contributed by atoms with Crippen molar-refractivity contribution in [2.45, 2.75) is 12.5 Å². The number of rotatable bonds is 5. The fourth-order valence-corrected chi connectivity index (χ4v) is 4.63. The van der Waals surface area contributed by atoms with E-state index < -0.39 is 11.0 Å². The van der Waals surface area contributed by atoms with Crippen molar-refractivity contribution in [3.63, 3.8) is 0 Å². The molecular formula is C25H23N5O4. The molecule has 0 bridgehead atoms. The number of para-hydroxylation sites is 1. The number of carbonyl (C=O) groups is 2. The minimum absolute atomic E-state index is 0.0332. The van der Waals surface area contributed by atoms with Crippen LogP contribution in [0.5, 0.6) is 0 Å². The van der Waals surface area contributed by atoms with Crippen molar-refractivity contribution in [2.24, 2.45) is 0 Å². The number of anilines is 2. The number of piperazine rings is 1. The van der Waals surface area contributed by atoms with Crippen LogP contribution in [0.1, 0.15) is 28.4 Å². The fraction of sp³-hybridized carbons (Fsp3) is 0.240. The lowest BCUT2D eigenvalue weighted by Gasteiger charge is -2.37. The number of nitro groups is 1. The van der Waals surface area contributed by atoms with Crippen LogP contribution in [0, 0.1) is 10.1 Å². The Kier molecular flexibility index (Phi) is 5.67. The highest BCUT2D eigenvalue weighted by molar-refractivity contribution is 6.11. The van der Waals surface area contributed by atoms with Crippen LogP contribution in [0.2, 0.25) is 0 Å². The largest absolute Gasteiger partial charge is 0.368 e. The summed E-state index contributed by atoms with van der Waals surface area (Å²) in [5, 5.41) is 11.0. The average Bonchev–Trinajstić information content (AvgIpc) is 3.16. The second-order valence-electron chi connectivity index (χ2n) is 8.32. The van der Waals surface area contributed by atoms with Gasteiger partial charge in [0.15, 0.2) is 0 Å². The van der Waals surface area contributed by atoms with Gasteiger partial charge in [0, 0.05) is 43.5 Å². The van der Waals surface area contributed by atoms with Crippen LogP contribution in [0.3, 0.4) is 0 Å². The lowest BCUT2D eigenvalue weighted by atomic mass is 10.0. The Hall–Kier alpha value is -4.27. The third-order valence-corrected chi connectivity index (χ3v) is 6.39. The second-order valence-corrected chi connectivity index (χ2v) is 8.32. The van der Waals surface area contributed by atoms with E-state index >= 15 is 0 Å². The van der Waals surface area contributed by atoms with Crippen molar-refractivity contribution in [3.8, 4) is 0 Å². The van der Waals surface area contributed by atoms with Gasteiger partial charge in [0.25, 0.3) is 11.6 Å². The van der Waals surface area contributed by atoms with E-state index in [1.807, 2.05) is 35.2 Å². The Bertz CT molecular complexity index is 1220. The molecule has 2 aromatic carbocycles. The van der Waals surface area contributed by atoms with Crippen molar-refractivity contribution >= 4 is 29.0 Å². The van der Waals surface area contributed by atoms with Crippen molar-refractivity contribution in [3.05, 3.63) is 94.2 Å². The molecule has 1 aromatic heterocycles. The number of benzene rings is 2. The quantitative estimate of drug-likeness (QED) is 0.430. The fourth-order valence-electron chi connectivity index (χ4n) is 4.63. The highest BCUT2D eigenvalue weighted by Gasteiger charge is 2.40. The first-order valence-electron chi connectivity index (χ1n) is 11.1. The van der Waals surface area contributed by atoms with E-state index in [0.29, 0.717) is 24.5 Å². The van der Waals surface area contributed by atoms with Crippen molar-refractivity contribution in [1.29, 1.82) is 0 Å². The summed E-state index contributed by atoms with van der Waals surface area (Å²) in [5.41, 5.74) is 2.27. The first-order valence-corrected chi connectivity index (χ1v) is 11.1. The van der Waals surface area contributed by atoms with Gasteiger partial charge >= 0.3 is 0 Å². The predicted octanol–water partition coefficient (Wildman–Crippen LogP) is 3.43. The van der Waals surface area contributed by atoms with Gasteiger partial charge in [-0.05, 0) is 29.8 Å². The maximum absolute atomic E-state index is 13.3. The third-order valence-electron chi connectivity index (χ3n) is 6.39. The van der Waals surface area contributed by atoms with E-state index in [1.165, 1.54) is 17.0 Å². The van der Waals surface area contributed by atoms with E-state index in [0.717, 1.165) is 30.5 Å². The van der Waals surface area contributed by atoms with Crippen LogP contribution in [0.25, 0.3) is 0 Å². The zero-order valence-electron chi connectivity index (χ0n) is 18.4. The first-order chi connectivity index (χ1) is 16.5. The van der Waals surface area contributed by atoms with Crippen LogP contribution in [0.4, 0.5) is 17.2 Å². The van der Waals surface area contributed by atoms with Gasteiger partial charge in [0.05, 0.1) is 17.4 Å². The van der Waals surface area contributed by atoms with Crippen molar-refractivity contribution < 1.29 is 14.5 Å². The van der Waals surface area contributed by atoms with Gasteiger partial charge < -0.3 is 9.80 Å².